The zero-order chi connectivity index (χ0) is 16.6. The summed E-state index contributed by atoms with van der Waals surface area (Å²) < 4.78 is 0. The van der Waals surface area contributed by atoms with Gasteiger partial charge in [0.25, 0.3) is 0 Å². The Morgan fingerprint density at radius 3 is 2.57 bits per heavy atom. The molecule has 0 radical (unpaired) electrons. The molecule has 2 amide bonds. The number of anilines is 1. The average molecular weight is 316 g/mol. The second kappa shape index (κ2) is 6.32. The molecule has 0 aromatic heterocycles. The van der Waals surface area contributed by atoms with Crippen molar-refractivity contribution in [1.29, 1.82) is 0 Å². The van der Waals surface area contributed by atoms with Gasteiger partial charge in [-0.05, 0) is 36.3 Å². The number of piperidine rings is 1. The van der Waals surface area contributed by atoms with E-state index in [4.69, 9.17) is 0 Å². The van der Waals surface area contributed by atoms with Crippen LogP contribution < -0.4 is 4.90 Å². The van der Waals surface area contributed by atoms with Crippen LogP contribution in [0, 0.1) is 5.92 Å². The molecule has 1 aromatic carbocycles. The van der Waals surface area contributed by atoms with E-state index in [9.17, 15) is 14.7 Å². The number of rotatable bonds is 0. The number of nitrogens with zero attached hydrogens (tertiary/aromatic N) is 2. The molecule has 2 aliphatic rings. The summed E-state index contributed by atoms with van der Waals surface area (Å²) >= 11 is 0. The van der Waals surface area contributed by atoms with E-state index in [-0.39, 0.29) is 12.5 Å². The molecule has 2 heterocycles. The van der Waals surface area contributed by atoms with Crippen molar-refractivity contribution in [1.82, 2.24) is 4.90 Å². The molecule has 0 saturated carbocycles. The quantitative estimate of drug-likeness (QED) is 0.742. The molecule has 5 heteroatoms. The lowest BCUT2D eigenvalue weighted by Crippen LogP contribution is -2.52. The first-order chi connectivity index (χ1) is 11.0. The minimum absolute atomic E-state index is 0.172. The van der Waals surface area contributed by atoms with Crippen molar-refractivity contribution in [3.05, 3.63) is 29.8 Å². The lowest BCUT2D eigenvalue weighted by atomic mass is 9.91. The van der Waals surface area contributed by atoms with Gasteiger partial charge in [0.1, 0.15) is 0 Å². The molecular formula is C18H24N2O3. The first kappa shape index (κ1) is 16.0. The molecule has 3 atom stereocenters. The van der Waals surface area contributed by atoms with Crippen molar-refractivity contribution >= 4 is 17.5 Å². The minimum atomic E-state index is -0.547. The lowest BCUT2D eigenvalue weighted by molar-refractivity contribution is -0.147. The van der Waals surface area contributed by atoms with Gasteiger partial charge in [0.15, 0.2) is 0 Å². The Morgan fingerprint density at radius 1 is 1.09 bits per heavy atom. The van der Waals surface area contributed by atoms with Gasteiger partial charge in [-0.15, -0.1) is 0 Å². The van der Waals surface area contributed by atoms with Crippen LogP contribution in [0.2, 0.25) is 0 Å². The highest BCUT2D eigenvalue weighted by Gasteiger charge is 2.35. The number of carbonyl (C=O) groups is 2. The third-order valence-corrected chi connectivity index (χ3v) is 5.18. The SMILES string of the molecule is CC1CCN(C(=O)C(=O)N2CCC(C)C(O)C2)c2ccccc21. The fourth-order valence-electron chi connectivity index (χ4n) is 3.44. The number of para-hydroxylation sites is 1. The molecule has 5 nitrogen and oxygen atoms in total. The molecule has 0 aliphatic carbocycles. The van der Waals surface area contributed by atoms with E-state index < -0.39 is 17.9 Å². The summed E-state index contributed by atoms with van der Waals surface area (Å²) in [6, 6.07) is 7.79. The van der Waals surface area contributed by atoms with Gasteiger partial charge in [-0.3, -0.25) is 9.59 Å². The largest absolute Gasteiger partial charge is 0.391 e. The number of fused-ring (bicyclic) bond motifs is 1. The number of likely N-dealkylation sites (tertiary alicyclic amines) is 1. The Labute approximate surface area is 136 Å². The Bertz CT molecular complexity index is 616. The summed E-state index contributed by atoms with van der Waals surface area (Å²) in [4.78, 5) is 28.4. The molecule has 1 aromatic rings. The highest BCUT2D eigenvalue weighted by molar-refractivity contribution is 6.40. The molecule has 0 bridgehead atoms. The fourth-order valence-corrected chi connectivity index (χ4v) is 3.44. The standard InChI is InChI=1S/C18H24N2O3/c1-12-8-10-20(15-6-4-3-5-14(12)15)18(23)17(22)19-9-7-13(2)16(21)11-19/h3-6,12-13,16,21H,7-11H2,1-2H3. The maximum atomic E-state index is 12.7. The maximum absolute atomic E-state index is 12.7. The number of aliphatic hydroxyl groups excluding tert-OH is 1. The molecule has 2 aliphatic heterocycles. The fraction of sp³-hybridized carbons (Fsp3) is 0.556. The number of aliphatic hydroxyl groups is 1. The van der Waals surface area contributed by atoms with Crippen molar-refractivity contribution in [3.8, 4) is 0 Å². The van der Waals surface area contributed by atoms with Gasteiger partial charge >= 0.3 is 11.8 Å². The van der Waals surface area contributed by atoms with Crippen LogP contribution in [-0.2, 0) is 9.59 Å². The third-order valence-electron chi connectivity index (χ3n) is 5.18. The van der Waals surface area contributed by atoms with Crippen LogP contribution in [0.15, 0.2) is 24.3 Å². The van der Waals surface area contributed by atoms with Crippen molar-refractivity contribution < 1.29 is 14.7 Å². The summed E-state index contributed by atoms with van der Waals surface area (Å²) in [5.41, 5.74) is 1.96. The number of hydrogen-bond acceptors (Lipinski definition) is 3. The van der Waals surface area contributed by atoms with Crippen LogP contribution in [0.4, 0.5) is 5.69 Å². The number of hydrogen-bond donors (Lipinski definition) is 1. The second-order valence-electron chi connectivity index (χ2n) is 6.79. The first-order valence-corrected chi connectivity index (χ1v) is 8.36. The summed E-state index contributed by atoms with van der Waals surface area (Å²) in [5.74, 6) is -0.417. The molecule has 3 rings (SSSR count). The first-order valence-electron chi connectivity index (χ1n) is 8.36. The number of benzene rings is 1. The van der Waals surface area contributed by atoms with Crippen LogP contribution in [-0.4, -0.2) is 47.6 Å². The smallest absolute Gasteiger partial charge is 0.316 e. The van der Waals surface area contributed by atoms with Crippen LogP contribution in [0.5, 0.6) is 0 Å². The van der Waals surface area contributed by atoms with Gasteiger partial charge in [-0.2, -0.15) is 0 Å². The van der Waals surface area contributed by atoms with Gasteiger partial charge in [0.2, 0.25) is 0 Å². The highest BCUT2D eigenvalue weighted by Crippen LogP contribution is 2.35. The van der Waals surface area contributed by atoms with E-state index >= 15 is 0 Å². The monoisotopic (exact) mass is 316 g/mol. The predicted octanol–water partition coefficient (Wildman–Crippen LogP) is 1.76. The third kappa shape index (κ3) is 2.98. The molecular weight excluding hydrogens is 292 g/mol. The Morgan fingerprint density at radius 2 is 1.83 bits per heavy atom. The summed E-state index contributed by atoms with van der Waals surface area (Å²) in [7, 11) is 0. The van der Waals surface area contributed by atoms with Crippen LogP contribution in [0.3, 0.4) is 0 Å². The van der Waals surface area contributed by atoms with E-state index in [0.717, 1.165) is 24.1 Å². The van der Waals surface area contributed by atoms with E-state index in [1.54, 1.807) is 4.90 Å². The average Bonchev–Trinajstić information content (AvgIpc) is 2.57. The zero-order valence-corrected chi connectivity index (χ0v) is 13.7. The maximum Gasteiger partial charge on any atom is 0.316 e. The number of β-amino-alcohol motifs (C(OH)–C–C–N with tert-alkyl or cyclic N) is 1. The van der Waals surface area contributed by atoms with Gasteiger partial charge in [-0.25, -0.2) is 0 Å². The minimum Gasteiger partial charge on any atom is -0.391 e. The van der Waals surface area contributed by atoms with Crippen LogP contribution >= 0.6 is 0 Å². The molecule has 0 spiro atoms. The Kier molecular flexibility index (Phi) is 4.39. The van der Waals surface area contributed by atoms with Crippen molar-refractivity contribution in [2.45, 2.75) is 38.7 Å². The molecule has 23 heavy (non-hydrogen) atoms. The van der Waals surface area contributed by atoms with Crippen molar-refractivity contribution in [2.75, 3.05) is 24.5 Å². The summed E-state index contributed by atoms with van der Waals surface area (Å²) in [5, 5.41) is 9.96. The van der Waals surface area contributed by atoms with Crippen LogP contribution in [0.1, 0.15) is 38.2 Å². The molecule has 1 fully saturated rings. The number of carbonyl (C=O) groups excluding carboxylic acids is 2. The van der Waals surface area contributed by atoms with Crippen molar-refractivity contribution in [2.24, 2.45) is 5.92 Å². The summed E-state index contributed by atoms with van der Waals surface area (Å²) in [6.45, 7) is 5.46. The molecule has 3 unspecified atom stereocenters. The Hall–Kier alpha value is -1.88. The highest BCUT2D eigenvalue weighted by atomic mass is 16.3. The van der Waals surface area contributed by atoms with Gasteiger partial charge in [0.05, 0.1) is 6.10 Å². The van der Waals surface area contributed by atoms with E-state index in [1.165, 1.54) is 4.90 Å². The lowest BCUT2D eigenvalue weighted by Gasteiger charge is -2.37. The number of amides is 2. The van der Waals surface area contributed by atoms with E-state index in [1.807, 2.05) is 31.2 Å². The molecule has 1 N–H and O–H groups in total. The zero-order valence-electron chi connectivity index (χ0n) is 13.7. The van der Waals surface area contributed by atoms with Crippen molar-refractivity contribution in [3.63, 3.8) is 0 Å². The normalized spacial score (nSPS) is 27.5. The topological polar surface area (TPSA) is 60.9 Å². The Balaban J connectivity index is 1.78. The van der Waals surface area contributed by atoms with E-state index in [0.29, 0.717) is 19.0 Å². The van der Waals surface area contributed by atoms with E-state index in [2.05, 4.69) is 6.92 Å². The van der Waals surface area contributed by atoms with Crippen LogP contribution in [0.25, 0.3) is 0 Å². The second-order valence-corrected chi connectivity index (χ2v) is 6.79. The predicted molar refractivity (Wildman–Crippen MR) is 88.2 cm³/mol. The van der Waals surface area contributed by atoms with Gasteiger partial charge in [0, 0.05) is 25.3 Å². The molecule has 124 valence electrons. The van der Waals surface area contributed by atoms with Gasteiger partial charge in [-0.1, -0.05) is 32.0 Å². The van der Waals surface area contributed by atoms with Gasteiger partial charge < -0.3 is 14.9 Å². The molecule has 1 saturated heterocycles. The summed E-state index contributed by atoms with van der Waals surface area (Å²) in [6.07, 6.45) is 1.04.